The predicted octanol–water partition coefficient (Wildman–Crippen LogP) is 4.00. The van der Waals surface area contributed by atoms with Crippen LogP contribution in [0.4, 0.5) is 0 Å². The quantitative estimate of drug-likeness (QED) is 0.645. The summed E-state index contributed by atoms with van der Waals surface area (Å²) in [6.07, 6.45) is 8.58. The van der Waals surface area contributed by atoms with Crippen molar-refractivity contribution in [1.29, 1.82) is 0 Å². The number of benzene rings is 2. The highest BCUT2D eigenvalue weighted by atomic mass is 16.5. The van der Waals surface area contributed by atoms with E-state index in [4.69, 9.17) is 9.47 Å². The van der Waals surface area contributed by atoms with Crippen molar-refractivity contribution in [3.63, 3.8) is 0 Å². The highest BCUT2D eigenvalue weighted by Gasteiger charge is 2.80. The molecule has 5 nitrogen and oxygen atoms in total. The minimum atomic E-state index is -0.946. The fourth-order valence-electron chi connectivity index (χ4n) is 8.98. The summed E-state index contributed by atoms with van der Waals surface area (Å²) in [5.41, 5.74) is 1.61. The van der Waals surface area contributed by atoms with Crippen LogP contribution >= 0.6 is 0 Å². The van der Waals surface area contributed by atoms with E-state index in [0.717, 1.165) is 32.2 Å². The minimum absolute atomic E-state index is 0.126. The normalized spacial score (nSPS) is 39.7. The molecular weight excluding hydrogens is 437 g/mol. The van der Waals surface area contributed by atoms with Crippen LogP contribution in [-0.2, 0) is 23.0 Å². The van der Waals surface area contributed by atoms with Gasteiger partial charge in [0.15, 0.2) is 11.5 Å². The second-order valence-electron chi connectivity index (χ2n) is 11.9. The zero-order valence-electron chi connectivity index (χ0n) is 20.8. The van der Waals surface area contributed by atoms with E-state index in [1.165, 1.54) is 16.7 Å². The summed E-state index contributed by atoms with van der Waals surface area (Å²) >= 11 is 0. The molecule has 184 valence electrons. The molecule has 1 saturated heterocycles. The van der Waals surface area contributed by atoms with Crippen molar-refractivity contribution in [2.75, 3.05) is 20.7 Å². The maximum absolute atomic E-state index is 12.1. The predicted molar refractivity (Wildman–Crippen MR) is 134 cm³/mol. The second kappa shape index (κ2) is 6.90. The van der Waals surface area contributed by atoms with E-state index in [9.17, 15) is 10.2 Å². The minimum Gasteiger partial charge on any atom is -0.504 e. The highest BCUT2D eigenvalue weighted by molar-refractivity contribution is 5.65. The Hall–Kier alpha value is -2.34. The summed E-state index contributed by atoms with van der Waals surface area (Å²) in [5.74, 6) is 0.742. The van der Waals surface area contributed by atoms with Gasteiger partial charge < -0.3 is 24.6 Å². The van der Waals surface area contributed by atoms with Crippen LogP contribution in [-0.4, -0.2) is 59.2 Å². The van der Waals surface area contributed by atoms with Gasteiger partial charge in [-0.25, -0.2) is 0 Å². The molecular formula is C30H35NO4. The average molecular weight is 473 g/mol. The third-order valence-electron chi connectivity index (χ3n) is 10.6. The molecule has 2 heterocycles. The van der Waals surface area contributed by atoms with Gasteiger partial charge in [0.05, 0.1) is 11.0 Å². The SMILES string of the molecule is CN1CC[C@]23c4c5ccc(O)c4O[C@H]2[C@@]2(O[11CH3])C=C[C@@]3(C[C@@H]2C(C)(O)CCc2ccccc2)[C@H]1C5. The molecule has 2 spiro atoms. The maximum atomic E-state index is 12.1. The number of hydrogen-bond donors (Lipinski definition) is 2. The van der Waals surface area contributed by atoms with Crippen molar-refractivity contribution in [3.8, 4) is 11.5 Å². The van der Waals surface area contributed by atoms with Crippen molar-refractivity contribution in [2.45, 2.75) is 67.8 Å². The maximum Gasteiger partial charge on any atom is 0.165 e. The molecule has 2 aromatic rings. The number of phenolic OH excluding ortho intramolecular Hbond substituents is 1. The lowest BCUT2D eigenvalue weighted by Gasteiger charge is -2.72. The lowest BCUT2D eigenvalue weighted by molar-refractivity contribution is -0.247. The smallest absolute Gasteiger partial charge is 0.165 e. The van der Waals surface area contributed by atoms with Crippen molar-refractivity contribution < 1.29 is 19.7 Å². The summed E-state index contributed by atoms with van der Waals surface area (Å²) < 4.78 is 13.3. The Morgan fingerprint density at radius 3 is 2.74 bits per heavy atom. The Kier molecular flexibility index (Phi) is 4.32. The van der Waals surface area contributed by atoms with Gasteiger partial charge in [-0.1, -0.05) is 48.6 Å². The van der Waals surface area contributed by atoms with Crippen LogP contribution in [0.2, 0.25) is 0 Å². The zero-order chi connectivity index (χ0) is 24.2. The summed E-state index contributed by atoms with van der Waals surface area (Å²) in [7, 11) is 4.01. The molecule has 0 amide bonds. The molecule has 5 heteroatoms. The van der Waals surface area contributed by atoms with Crippen LogP contribution in [0.5, 0.6) is 11.5 Å². The number of piperidine rings is 1. The van der Waals surface area contributed by atoms with Gasteiger partial charge >= 0.3 is 0 Å². The average Bonchev–Trinajstić information content (AvgIpc) is 3.24. The fraction of sp³-hybridized carbons (Fsp3) is 0.533. The van der Waals surface area contributed by atoms with Crippen molar-refractivity contribution in [3.05, 3.63) is 71.3 Å². The fourth-order valence-corrected chi connectivity index (χ4v) is 8.98. The summed E-state index contributed by atoms with van der Waals surface area (Å²) in [6.45, 7) is 2.98. The van der Waals surface area contributed by atoms with E-state index in [-0.39, 0.29) is 28.6 Å². The lowest BCUT2D eigenvalue weighted by Crippen LogP contribution is -2.80. The molecule has 1 unspecified atom stereocenters. The summed E-state index contributed by atoms with van der Waals surface area (Å²) in [6, 6.07) is 14.6. The molecule has 8 rings (SSSR count). The van der Waals surface area contributed by atoms with E-state index in [0.29, 0.717) is 18.2 Å². The third-order valence-corrected chi connectivity index (χ3v) is 10.6. The molecule has 0 aromatic heterocycles. The summed E-state index contributed by atoms with van der Waals surface area (Å²) in [4.78, 5) is 2.52. The Bertz CT molecular complexity index is 1220. The molecule has 6 aliphatic rings. The van der Waals surface area contributed by atoms with Gasteiger partial charge in [-0.3, -0.25) is 0 Å². The van der Waals surface area contributed by atoms with Crippen molar-refractivity contribution in [1.82, 2.24) is 4.90 Å². The standard InChI is InChI=1S/C30H35NO4/c1-27(33,12-11-19-7-5-4-6-8-19)22-18-28-13-14-30(22,34-3)26-29(28)15-16-31(2)23(28)17-20-9-10-21(32)25(35-26)24(20)29/h4-10,13-14,22-23,26,32-33H,11-12,15-18H2,1-3H3/t22-,23-,26-,27?,28-,29+,30-/m1/s1/i3-1. The first-order valence-corrected chi connectivity index (χ1v) is 13.0. The summed E-state index contributed by atoms with van der Waals surface area (Å²) in [5, 5.41) is 23.0. The first-order valence-electron chi connectivity index (χ1n) is 13.0. The number of aryl methyl sites for hydroxylation is 1. The van der Waals surface area contributed by atoms with E-state index < -0.39 is 11.2 Å². The van der Waals surface area contributed by atoms with E-state index >= 15 is 0 Å². The molecule has 4 bridgehead atoms. The number of likely N-dealkylation sites (tertiary alicyclic amines) is 1. The van der Waals surface area contributed by atoms with Gasteiger partial charge in [0.1, 0.15) is 11.7 Å². The lowest BCUT2D eigenvalue weighted by atomic mass is 9.36. The number of nitrogens with zero attached hydrogens (tertiary/aromatic N) is 1. The van der Waals surface area contributed by atoms with Gasteiger partial charge in [0.2, 0.25) is 0 Å². The van der Waals surface area contributed by atoms with Crippen molar-refractivity contribution >= 4 is 0 Å². The monoisotopic (exact) mass is 472 g/mol. The molecule has 2 aromatic carbocycles. The molecule has 7 atom stereocenters. The number of aliphatic hydroxyl groups is 1. The van der Waals surface area contributed by atoms with Crippen LogP contribution in [0.15, 0.2) is 54.6 Å². The van der Waals surface area contributed by atoms with Gasteiger partial charge in [0.25, 0.3) is 0 Å². The first kappa shape index (κ1) is 21.9. The Balaban J connectivity index is 1.38. The van der Waals surface area contributed by atoms with Crippen LogP contribution in [0.25, 0.3) is 0 Å². The topological polar surface area (TPSA) is 62.2 Å². The Morgan fingerprint density at radius 2 is 1.97 bits per heavy atom. The third kappa shape index (κ3) is 2.45. The van der Waals surface area contributed by atoms with Gasteiger partial charge in [-0.05, 0) is 69.8 Å². The van der Waals surface area contributed by atoms with Crippen LogP contribution in [0.1, 0.15) is 42.9 Å². The molecule has 0 radical (unpaired) electrons. The van der Waals surface area contributed by atoms with Gasteiger partial charge in [-0.2, -0.15) is 0 Å². The molecule has 2 aliphatic heterocycles. The molecule has 35 heavy (non-hydrogen) atoms. The van der Waals surface area contributed by atoms with Crippen LogP contribution in [0, 0.1) is 11.3 Å². The number of fused-ring (bicyclic) bond motifs is 1. The van der Waals surface area contributed by atoms with E-state index in [1.54, 1.807) is 13.2 Å². The number of aromatic hydroxyl groups is 1. The molecule has 2 fully saturated rings. The number of ether oxygens (including phenoxy) is 2. The van der Waals surface area contributed by atoms with Crippen molar-refractivity contribution in [2.24, 2.45) is 11.3 Å². The van der Waals surface area contributed by atoms with Gasteiger partial charge in [-0.15, -0.1) is 0 Å². The van der Waals surface area contributed by atoms with Crippen LogP contribution in [0.3, 0.4) is 0 Å². The highest BCUT2D eigenvalue weighted by Crippen LogP contribution is 2.75. The molecule has 1 saturated carbocycles. The molecule has 4 aliphatic carbocycles. The van der Waals surface area contributed by atoms with E-state index in [2.05, 4.69) is 54.4 Å². The molecule has 2 N–H and O–H groups in total. The Morgan fingerprint density at radius 1 is 1.17 bits per heavy atom. The van der Waals surface area contributed by atoms with Crippen LogP contribution < -0.4 is 4.74 Å². The number of phenols is 1. The first-order chi connectivity index (χ1) is 16.8. The number of hydrogen-bond acceptors (Lipinski definition) is 5. The number of rotatable bonds is 5. The largest absolute Gasteiger partial charge is 0.504 e. The van der Waals surface area contributed by atoms with E-state index in [1.807, 2.05) is 13.0 Å². The number of methoxy groups -OCH3 is 1. The van der Waals surface area contributed by atoms with Gasteiger partial charge in [0, 0.05) is 30.0 Å². The zero-order valence-corrected chi connectivity index (χ0v) is 20.8. The Labute approximate surface area is 207 Å². The number of likely N-dealkylation sites (N-methyl/N-ethyl adjacent to an activating group) is 1. The second-order valence-corrected chi connectivity index (χ2v) is 11.9.